The maximum absolute atomic E-state index is 11.9. The Balaban J connectivity index is 1.95. The number of carbonyl (C=O) groups is 2. The Morgan fingerprint density at radius 1 is 1.12 bits per heavy atom. The summed E-state index contributed by atoms with van der Waals surface area (Å²) in [7, 11) is 0. The zero-order valence-electron chi connectivity index (χ0n) is 25.6. The molecule has 232 valence electrons. The van der Waals surface area contributed by atoms with Gasteiger partial charge in [-0.2, -0.15) is 0 Å². The summed E-state index contributed by atoms with van der Waals surface area (Å²) in [6.07, 6.45) is 7.08. The van der Waals surface area contributed by atoms with Crippen molar-refractivity contribution >= 4 is 12.1 Å². The van der Waals surface area contributed by atoms with Crippen molar-refractivity contribution in [3.05, 3.63) is 48.6 Å². The molecule has 9 heteroatoms. The number of rotatable bonds is 14. The maximum atomic E-state index is 11.9. The molecule has 9 nitrogen and oxygen atoms in total. The topological polar surface area (TPSA) is 149 Å². The van der Waals surface area contributed by atoms with E-state index < -0.39 is 54.6 Å². The Morgan fingerprint density at radius 2 is 1.78 bits per heavy atom. The lowest BCUT2D eigenvalue weighted by Gasteiger charge is -2.33. The van der Waals surface area contributed by atoms with Crippen LogP contribution in [0.2, 0.25) is 0 Å². The van der Waals surface area contributed by atoms with E-state index in [9.17, 15) is 24.9 Å². The zero-order chi connectivity index (χ0) is 31.0. The van der Waals surface area contributed by atoms with Crippen LogP contribution in [0.15, 0.2) is 48.6 Å². The van der Waals surface area contributed by atoms with Crippen LogP contribution in [0, 0.1) is 35.5 Å². The molecule has 1 amide bonds. The first-order valence-electron chi connectivity index (χ1n) is 14.7. The fourth-order valence-electron chi connectivity index (χ4n) is 5.97. The predicted octanol–water partition coefficient (Wildman–Crippen LogP) is 4.07. The number of hydrogen-bond donors (Lipinski definition) is 4. The van der Waals surface area contributed by atoms with E-state index in [0.717, 1.165) is 5.57 Å². The molecule has 41 heavy (non-hydrogen) atoms. The van der Waals surface area contributed by atoms with Crippen LogP contribution in [0.1, 0.15) is 61.3 Å². The number of aliphatic hydroxyl groups excluding tert-OH is 3. The van der Waals surface area contributed by atoms with Crippen LogP contribution in [0.3, 0.4) is 0 Å². The van der Waals surface area contributed by atoms with Crippen LogP contribution < -0.4 is 5.73 Å². The Labute approximate surface area is 245 Å². The van der Waals surface area contributed by atoms with Gasteiger partial charge < -0.3 is 35.3 Å². The molecule has 0 spiro atoms. The van der Waals surface area contributed by atoms with Crippen LogP contribution in [-0.4, -0.2) is 70.1 Å². The number of fused-ring (bicyclic) bond motifs is 1. The average molecular weight is 578 g/mol. The molecule has 2 saturated heterocycles. The van der Waals surface area contributed by atoms with E-state index in [0.29, 0.717) is 12.8 Å². The molecule has 0 radical (unpaired) electrons. The molecular weight excluding hydrogens is 526 g/mol. The lowest BCUT2D eigenvalue weighted by atomic mass is 9.81. The smallest absolute Gasteiger partial charge is 0.404 e. The van der Waals surface area contributed by atoms with Crippen molar-refractivity contribution in [2.24, 2.45) is 41.2 Å². The van der Waals surface area contributed by atoms with Gasteiger partial charge in [0.05, 0.1) is 30.3 Å². The molecular formula is C32H51NO8. The Hall–Kier alpha value is -2.46. The molecule has 5 N–H and O–H groups in total. The molecule has 0 aliphatic carbocycles. The molecule has 2 aliphatic rings. The number of carbonyl (C=O) groups excluding carboxylic acids is 2. The van der Waals surface area contributed by atoms with Crippen molar-refractivity contribution in [1.82, 2.24) is 0 Å². The highest BCUT2D eigenvalue weighted by Crippen LogP contribution is 2.34. The molecule has 2 rings (SSSR count). The number of primary amides is 1. The van der Waals surface area contributed by atoms with Gasteiger partial charge in [-0.1, -0.05) is 83.2 Å². The van der Waals surface area contributed by atoms with Gasteiger partial charge >= 0.3 is 12.1 Å². The lowest BCUT2D eigenvalue weighted by Crippen LogP contribution is -2.49. The fraction of sp³-hybridized carbons (Fsp3) is 0.688. The summed E-state index contributed by atoms with van der Waals surface area (Å²) < 4.78 is 16.7. The third-order valence-electron chi connectivity index (χ3n) is 8.51. The summed E-state index contributed by atoms with van der Waals surface area (Å²) in [5.41, 5.74) is 6.34. The Morgan fingerprint density at radius 3 is 2.39 bits per heavy atom. The van der Waals surface area contributed by atoms with E-state index in [1.165, 1.54) is 0 Å². The number of ether oxygens (including phenoxy) is 3. The van der Waals surface area contributed by atoms with Crippen molar-refractivity contribution in [1.29, 1.82) is 0 Å². The fourth-order valence-corrected chi connectivity index (χ4v) is 5.97. The normalized spacial score (nSPS) is 31.0. The zero-order valence-corrected chi connectivity index (χ0v) is 25.6. The summed E-state index contributed by atoms with van der Waals surface area (Å²) in [5.74, 6) is -2.01. The molecule has 2 heterocycles. The second-order valence-electron chi connectivity index (χ2n) is 12.1. The number of hydrogen-bond acceptors (Lipinski definition) is 8. The summed E-state index contributed by atoms with van der Waals surface area (Å²) in [5, 5.41) is 32.4. The summed E-state index contributed by atoms with van der Waals surface area (Å²) >= 11 is 0. The van der Waals surface area contributed by atoms with E-state index in [1.54, 1.807) is 19.1 Å². The van der Waals surface area contributed by atoms with E-state index in [4.69, 9.17) is 19.9 Å². The van der Waals surface area contributed by atoms with Gasteiger partial charge in [0.15, 0.2) is 0 Å². The van der Waals surface area contributed by atoms with Crippen molar-refractivity contribution in [2.75, 3.05) is 0 Å². The van der Waals surface area contributed by atoms with Crippen LogP contribution in [0.25, 0.3) is 0 Å². The van der Waals surface area contributed by atoms with Gasteiger partial charge in [0.1, 0.15) is 18.3 Å². The highest BCUT2D eigenvalue weighted by molar-refractivity contribution is 5.74. The minimum Gasteiger partial charge on any atom is -0.459 e. The molecule has 0 saturated carbocycles. The van der Waals surface area contributed by atoms with E-state index in [2.05, 4.69) is 6.58 Å². The first-order valence-corrected chi connectivity index (χ1v) is 14.7. The van der Waals surface area contributed by atoms with Crippen LogP contribution in [-0.2, 0) is 19.0 Å². The quantitative estimate of drug-likeness (QED) is 0.137. The lowest BCUT2D eigenvalue weighted by molar-refractivity contribution is -0.183. The van der Waals surface area contributed by atoms with Gasteiger partial charge in [-0.3, -0.25) is 4.79 Å². The number of allylic oxidation sites excluding steroid dienone is 3. The van der Waals surface area contributed by atoms with Crippen LogP contribution in [0.5, 0.6) is 0 Å². The molecule has 0 aromatic rings. The van der Waals surface area contributed by atoms with Crippen molar-refractivity contribution in [3.8, 4) is 0 Å². The van der Waals surface area contributed by atoms with Gasteiger partial charge in [-0.25, -0.2) is 4.79 Å². The minimum atomic E-state index is -0.890. The van der Waals surface area contributed by atoms with Gasteiger partial charge in [0.25, 0.3) is 0 Å². The van der Waals surface area contributed by atoms with Crippen molar-refractivity contribution < 1.29 is 39.1 Å². The summed E-state index contributed by atoms with van der Waals surface area (Å²) in [4.78, 5) is 23.4. The van der Waals surface area contributed by atoms with Crippen molar-refractivity contribution in [3.63, 3.8) is 0 Å². The highest BCUT2D eigenvalue weighted by Gasteiger charge is 2.49. The molecule has 13 atom stereocenters. The predicted molar refractivity (Wildman–Crippen MR) is 157 cm³/mol. The van der Waals surface area contributed by atoms with Gasteiger partial charge in [-0.15, -0.1) is 0 Å². The number of nitrogens with two attached hydrogens (primary N) is 1. The Bertz CT molecular complexity index is 977. The Kier molecular flexibility index (Phi) is 13.3. The number of aliphatic hydroxyl groups is 3. The molecule has 2 aliphatic heterocycles. The van der Waals surface area contributed by atoms with Crippen molar-refractivity contribution in [2.45, 2.75) is 104 Å². The second-order valence-corrected chi connectivity index (χ2v) is 12.1. The summed E-state index contributed by atoms with van der Waals surface area (Å²) in [6.45, 7) is 16.8. The van der Waals surface area contributed by atoms with Crippen LogP contribution >= 0.6 is 0 Å². The van der Waals surface area contributed by atoms with Gasteiger partial charge in [0, 0.05) is 30.1 Å². The number of amides is 1. The van der Waals surface area contributed by atoms with E-state index >= 15 is 0 Å². The monoisotopic (exact) mass is 577 g/mol. The minimum absolute atomic E-state index is 0.132. The first-order chi connectivity index (χ1) is 19.2. The van der Waals surface area contributed by atoms with Gasteiger partial charge in [0.2, 0.25) is 0 Å². The largest absolute Gasteiger partial charge is 0.459 e. The molecule has 2 unspecified atom stereocenters. The third kappa shape index (κ3) is 9.53. The summed E-state index contributed by atoms with van der Waals surface area (Å²) in [6, 6.07) is 0. The third-order valence-corrected chi connectivity index (χ3v) is 8.51. The molecule has 0 aromatic carbocycles. The highest BCUT2D eigenvalue weighted by atomic mass is 16.6. The SMILES string of the molecule is C=C/C=C\[C@H](C)C(OC(N)=O)[C@@H](C)[C@H](O)C(C)C/C(C)=C\[C@H](C)[C@@H](O)[C@@H](C)/C=C\[C@@H]1C[C@@H]2OC(=O)[C@H](C)[C@@H](O)[C@H]2O1. The maximum Gasteiger partial charge on any atom is 0.404 e. The first kappa shape index (κ1) is 34.7. The van der Waals surface area contributed by atoms with E-state index in [1.807, 2.05) is 65.8 Å². The molecule has 2 fully saturated rings. The van der Waals surface area contributed by atoms with Gasteiger partial charge in [-0.05, 0) is 26.2 Å². The number of esters is 1. The average Bonchev–Trinajstić information content (AvgIpc) is 3.33. The molecule has 0 bridgehead atoms. The van der Waals surface area contributed by atoms with Crippen LogP contribution in [0.4, 0.5) is 4.79 Å². The molecule has 0 aromatic heterocycles. The second kappa shape index (κ2) is 15.7. The standard InChI is InChI=1S/C32H51NO8/c1-9-10-11-19(4)29(41-32(33)38)22(7)27(35)21(6)15-17(2)14-20(5)26(34)18(3)12-13-24-16-25-30(39-24)28(36)23(8)31(37)40-25/h9-14,18-30,34-36H,1,15-16H2,2-8H3,(H2,33,38)/b11-10-,13-12-,17-14-/t18-,19-,20-,21?,22-,23+,24+,25-,26-,27+,28+,29?,30-/m0/s1. The van der Waals surface area contributed by atoms with E-state index in [-0.39, 0.29) is 35.7 Å².